The molecule has 0 bridgehead atoms. The van der Waals surface area contributed by atoms with Gasteiger partial charge in [0.2, 0.25) is 0 Å². The Morgan fingerprint density at radius 3 is 2.63 bits per heavy atom. The SMILES string of the molecule is CCC(C)(C)N(C)c1cccc(Cl)c1C=CC(=O)O. The van der Waals surface area contributed by atoms with Crippen LogP contribution in [0.4, 0.5) is 5.69 Å². The monoisotopic (exact) mass is 281 g/mol. The molecule has 0 radical (unpaired) electrons. The first-order chi connectivity index (χ1) is 8.79. The summed E-state index contributed by atoms with van der Waals surface area (Å²) in [6.07, 6.45) is 3.62. The highest BCUT2D eigenvalue weighted by atomic mass is 35.5. The fraction of sp³-hybridized carbons (Fsp3) is 0.400. The average Bonchev–Trinajstić information content (AvgIpc) is 2.35. The second-order valence-electron chi connectivity index (χ2n) is 5.07. The van der Waals surface area contributed by atoms with Crippen molar-refractivity contribution in [2.45, 2.75) is 32.7 Å². The Morgan fingerprint density at radius 1 is 1.47 bits per heavy atom. The van der Waals surface area contributed by atoms with Crippen LogP contribution in [0, 0.1) is 0 Å². The first kappa shape index (κ1) is 15.6. The van der Waals surface area contributed by atoms with Gasteiger partial charge in [-0.25, -0.2) is 4.79 Å². The largest absolute Gasteiger partial charge is 0.478 e. The van der Waals surface area contributed by atoms with Crippen molar-refractivity contribution >= 4 is 29.3 Å². The van der Waals surface area contributed by atoms with Gasteiger partial charge in [0, 0.05) is 34.9 Å². The highest BCUT2D eigenvalue weighted by molar-refractivity contribution is 6.32. The van der Waals surface area contributed by atoms with Gasteiger partial charge in [0.1, 0.15) is 0 Å². The van der Waals surface area contributed by atoms with Crippen molar-refractivity contribution in [3.8, 4) is 0 Å². The molecule has 0 saturated heterocycles. The van der Waals surface area contributed by atoms with Gasteiger partial charge >= 0.3 is 5.97 Å². The van der Waals surface area contributed by atoms with Crippen molar-refractivity contribution < 1.29 is 9.90 Å². The second kappa shape index (κ2) is 6.11. The number of anilines is 1. The summed E-state index contributed by atoms with van der Waals surface area (Å²) in [6, 6.07) is 5.59. The molecule has 0 aliphatic carbocycles. The van der Waals surface area contributed by atoms with Crippen LogP contribution in [0.2, 0.25) is 5.02 Å². The van der Waals surface area contributed by atoms with Crippen molar-refractivity contribution in [3.05, 3.63) is 34.9 Å². The molecule has 1 aromatic carbocycles. The zero-order valence-electron chi connectivity index (χ0n) is 11.8. The number of carbonyl (C=O) groups is 1. The highest BCUT2D eigenvalue weighted by Crippen LogP contribution is 2.33. The molecule has 1 N–H and O–H groups in total. The van der Waals surface area contributed by atoms with Crippen molar-refractivity contribution in [1.82, 2.24) is 0 Å². The molecule has 1 aromatic rings. The van der Waals surface area contributed by atoms with Crippen LogP contribution >= 0.6 is 11.6 Å². The average molecular weight is 282 g/mol. The van der Waals surface area contributed by atoms with E-state index in [2.05, 4.69) is 25.7 Å². The number of carboxylic acids is 1. The topological polar surface area (TPSA) is 40.5 Å². The molecule has 0 saturated carbocycles. The third kappa shape index (κ3) is 3.74. The summed E-state index contributed by atoms with van der Waals surface area (Å²) >= 11 is 6.18. The van der Waals surface area contributed by atoms with Gasteiger partial charge in [-0.05, 0) is 38.5 Å². The zero-order valence-corrected chi connectivity index (χ0v) is 12.5. The van der Waals surface area contributed by atoms with Gasteiger partial charge in [0.25, 0.3) is 0 Å². The molecular weight excluding hydrogens is 262 g/mol. The Labute approximate surface area is 119 Å². The van der Waals surface area contributed by atoms with Crippen molar-refractivity contribution in [1.29, 1.82) is 0 Å². The summed E-state index contributed by atoms with van der Waals surface area (Å²) in [6.45, 7) is 6.39. The van der Waals surface area contributed by atoms with E-state index in [0.29, 0.717) is 5.02 Å². The Balaban J connectivity index is 3.28. The summed E-state index contributed by atoms with van der Waals surface area (Å²) in [5, 5.41) is 9.31. The molecule has 19 heavy (non-hydrogen) atoms. The number of benzene rings is 1. The number of hydrogen-bond acceptors (Lipinski definition) is 2. The summed E-state index contributed by atoms with van der Waals surface area (Å²) in [4.78, 5) is 12.8. The van der Waals surface area contributed by atoms with E-state index in [1.807, 2.05) is 19.2 Å². The number of carboxylic acid groups (broad SMARTS) is 1. The number of rotatable bonds is 5. The molecule has 0 unspecified atom stereocenters. The quantitative estimate of drug-likeness (QED) is 0.827. The van der Waals surface area contributed by atoms with E-state index in [1.165, 1.54) is 0 Å². The lowest BCUT2D eigenvalue weighted by molar-refractivity contribution is -0.131. The third-order valence-electron chi connectivity index (χ3n) is 3.56. The predicted octanol–water partition coefficient (Wildman–Crippen LogP) is 4.06. The number of halogens is 1. The summed E-state index contributed by atoms with van der Waals surface area (Å²) in [7, 11) is 1.99. The maximum absolute atomic E-state index is 10.7. The summed E-state index contributed by atoms with van der Waals surface area (Å²) < 4.78 is 0. The molecule has 1 rings (SSSR count). The van der Waals surface area contributed by atoms with Gasteiger partial charge < -0.3 is 10.0 Å². The molecular formula is C15H20ClNO2. The summed E-state index contributed by atoms with van der Waals surface area (Å²) in [5.41, 5.74) is 1.63. The first-order valence-electron chi connectivity index (χ1n) is 6.23. The number of aliphatic carboxylic acids is 1. The van der Waals surface area contributed by atoms with Gasteiger partial charge in [-0.15, -0.1) is 0 Å². The van der Waals surface area contributed by atoms with Crippen LogP contribution < -0.4 is 4.90 Å². The molecule has 0 heterocycles. The highest BCUT2D eigenvalue weighted by Gasteiger charge is 2.23. The smallest absolute Gasteiger partial charge is 0.328 e. The molecule has 104 valence electrons. The van der Waals surface area contributed by atoms with Gasteiger partial charge in [-0.3, -0.25) is 0 Å². The van der Waals surface area contributed by atoms with Crippen LogP contribution in [0.15, 0.2) is 24.3 Å². The Bertz CT molecular complexity index is 495. The van der Waals surface area contributed by atoms with Crippen LogP contribution in [-0.2, 0) is 4.79 Å². The Morgan fingerprint density at radius 2 is 2.11 bits per heavy atom. The molecule has 3 nitrogen and oxygen atoms in total. The van der Waals surface area contributed by atoms with E-state index in [1.54, 1.807) is 12.1 Å². The van der Waals surface area contributed by atoms with E-state index in [9.17, 15) is 4.79 Å². The lowest BCUT2D eigenvalue weighted by Gasteiger charge is -2.37. The van der Waals surface area contributed by atoms with E-state index < -0.39 is 5.97 Å². The molecule has 4 heteroatoms. The van der Waals surface area contributed by atoms with E-state index in [-0.39, 0.29) is 5.54 Å². The van der Waals surface area contributed by atoms with Crippen molar-refractivity contribution in [2.24, 2.45) is 0 Å². The van der Waals surface area contributed by atoms with Crippen molar-refractivity contribution in [3.63, 3.8) is 0 Å². The summed E-state index contributed by atoms with van der Waals surface area (Å²) in [5.74, 6) is -0.983. The lowest BCUT2D eigenvalue weighted by atomic mass is 9.98. The molecule has 0 fully saturated rings. The lowest BCUT2D eigenvalue weighted by Crippen LogP contribution is -2.40. The van der Waals surface area contributed by atoms with E-state index in [4.69, 9.17) is 16.7 Å². The molecule has 0 aromatic heterocycles. The number of nitrogens with zero attached hydrogens (tertiary/aromatic N) is 1. The fourth-order valence-corrected chi connectivity index (χ4v) is 1.93. The zero-order chi connectivity index (χ0) is 14.6. The van der Waals surface area contributed by atoms with Gasteiger partial charge in [0.05, 0.1) is 0 Å². The van der Waals surface area contributed by atoms with Crippen LogP contribution in [0.3, 0.4) is 0 Å². The number of hydrogen-bond donors (Lipinski definition) is 1. The standard InChI is InChI=1S/C15H20ClNO2/c1-5-15(2,3)17(4)13-8-6-7-12(16)11(13)9-10-14(18)19/h6-10H,5H2,1-4H3,(H,18,19). The minimum atomic E-state index is -0.983. The third-order valence-corrected chi connectivity index (χ3v) is 3.89. The Kier molecular flexibility index (Phi) is 5.01. The molecule has 0 atom stereocenters. The molecule has 0 aliphatic heterocycles. The Hall–Kier alpha value is -1.48. The van der Waals surface area contributed by atoms with E-state index >= 15 is 0 Å². The van der Waals surface area contributed by atoms with E-state index in [0.717, 1.165) is 23.7 Å². The minimum Gasteiger partial charge on any atom is -0.478 e. The molecule has 0 aliphatic rings. The van der Waals surface area contributed by atoms with Crippen LogP contribution in [0.5, 0.6) is 0 Å². The van der Waals surface area contributed by atoms with Crippen LogP contribution in [0.25, 0.3) is 6.08 Å². The first-order valence-corrected chi connectivity index (χ1v) is 6.60. The molecule has 0 spiro atoms. The normalized spacial score (nSPS) is 11.8. The van der Waals surface area contributed by atoms with Gasteiger partial charge in [0.15, 0.2) is 0 Å². The predicted molar refractivity (Wildman–Crippen MR) is 80.9 cm³/mol. The maximum atomic E-state index is 10.7. The van der Waals surface area contributed by atoms with Crippen molar-refractivity contribution in [2.75, 3.05) is 11.9 Å². The minimum absolute atomic E-state index is 0.0313. The van der Waals surface area contributed by atoms with Gasteiger partial charge in [-0.2, -0.15) is 0 Å². The molecule has 0 amide bonds. The van der Waals surface area contributed by atoms with Gasteiger partial charge in [-0.1, -0.05) is 24.6 Å². The fourth-order valence-electron chi connectivity index (χ4n) is 1.70. The second-order valence-corrected chi connectivity index (χ2v) is 5.48. The van der Waals surface area contributed by atoms with Crippen LogP contribution in [-0.4, -0.2) is 23.7 Å². The maximum Gasteiger partial charge on any atom is 0.328 e. The van der Waals surface area contributed by atoms with Crippen LogP contribution in [0.1, 0.15) is 32.8 Å².